The third-order valence-electron chi connectivity index (χ3n) is 3.18. The fraction of sp³-hybridized carbons (Fsp3) is 0.727. The lowest BCUT2D eigenvalue weighted by molar-refractivity contribution is -0.189. The minimum atomic E-state index is -5.05. The van der Waals surface area contributed by atoms with Crippen LogP contribution in [0.5, 0.6) is 0 Å². The first kappa shape index (κ1) is 16.1. The molecule has 1 aromatic heterocycles. The summed E-state index contributed by atoms with van der Waals surface area (Å²) in [6.07, 6.45) is -10.3. The van der Waals surface area contributed by atoms with Crippen molar-refractivity contribution in [1.29, 1.82) is 0 Å². The summed E-state index contributed by atoms with van der Waals surface area (Å²) in [5, 5.41) is 3.00. The molecular formula is C11H12F6N2O2. The summed E-state index contributed by atoms with van der Waals surface area (Å²) in [6, 6.07) is 0. The predicted molar refractivity (Wildman–Crippen MR) is 57.1 cm³/mol. The maximum absolute atomic E-state index is 13.1. The molecule has 21 heavy (non-hydrogen) atoms. The molecule has 2 heterocycles. The van der Waals surface area contributed by atoms with E-state index in [4.69, 9.17) is 9.47 Å². The molecule has 0 atom stereocenters. The van der Waals surface area contributed by atoms with Gasteiger partial charge >= 0.3 is 12.4 Å². The van der Waals surface area contributed by atoms with Gasteiger partial charge in [0, 0.05) is 13.5 Å². The van der Waals surface area contributed by atoms with Crippen LogP contribution in [0.25, 0.3) is 0 Å². The maximum atomic E-state index is 13.1. The summed E-state index contributed by atoms with van der Waals surface area (Å²) in [5.41, 5.74) is -4.26. The molecule has 120 valence electrons. The highest BCUT2D eigenvalue weighted by molar-refractivity contribution is 5.35. The molecule has 0 aromatic carbocycles. The number of halogens is 6. The summed E-state index contributed by atoms with van der Waals surface area (Å²) in [6.45, 7) is 1.22. The highest BCUT2D eigenvalue weighted by atomic mass is 19.4. The van der Waals surface area contributed by atoms with Gasteiger partial charge in [-0.05, 0) is 0 Å². The Morgan fingerprint density at radius 1 is 1.10 bits per heavy atom. The van der Waals surface area contributed by atoms with E-state index in [2.05, 4.69) is 5.10 Å². The molecule has 0 amide bonds. The Morgan fingerprint density at radius 2 is 1.62 bits per heavy atom. The number of rotatable bonds is 2. The van der Waals surface area contributed by atoms with Crippen molar-refractivity contribution >= 4 is 0 Å². The van der Waals surface area contributed by atoms with Crippen LogP contribution in [0.1, 0.15) is 30.3 Å². The molecule has 1 fully saturated rings. The zero-order valence-electron chi connectivity index (χ0n) is 11.1. The number of aryl methyl sites for hydroxylation is 1. The first-order chi connectivity index (χ1) is 9.53. The van der Waals surface area contributed by atoms with Crippen LogP contribution in [0, 0.1) is 0 Å². The summed E-state index contributed by atoms with van der Waals surface area (Å²) in [4.78, 5) is 0. The van der Waals surface area contributed by atoms with Gasteiger partial charge in [-0.2, -0.15) is 31.4 Å². The molecule has 0 unspecified atom stereocenters. The zero-order chi connectivity index (χ0) is 16.1. The highest BCUT2D eigenvalue weighted by Gasteiger charge is 2.54. The van der Waals surface area contributed by atoms with Crippen molar-refractivity contribution in [1.82, 2.24) is 9.78 Å². The third kappa shape index (κ3) is 2.61. The van der Waals surface area contributed by atoms with Crippen LogP contribution >= 0.6 is 0 Å². The summed E-state index contributed by atoms with van der Waals surface area (Å²) < 4.78 is 88.8. The zero-order valence-corrected chi connectivity index (χ0v) is 11.1. The molecule has 10 heteroatoms. The van der Waals surface area contributed by atoms with Crippen LogP contribution in [0.3, 0.4) is 0 Å². The molecule has 0 aliphatic carbocycles. The number of hydrogen-bond acceptors (Lipinski definition) is 3. The molecule has 1 aliphatic rings. The number of aromatic nitrogens is 2. The molecule has 0 saturated carbocycles. The van der Waals surface area contributed by atoms with Gasteiger partial charge in [0.25, 0.3) is 0 Å². The van der Waals surface area contributed by atoms with Gasteiger partial charge in [0.05, 0.1) is 18.8 Å². The standard InChI is InChI=1S/C11H12F6N2O2/c1-3-9(20-4-5-21-9)6-7(10(12,13)14)18-19(2)8(6)11(15,16)17/h3-5H2,1-2H3. The van der Waals surface area contributed by atoms with Gasteiger partial charge in [0.2, 0.25) is 0 Å². The highest BCUT2D eigenvalue weighted by Crippen LogP contribution is 2.47. The van der Waals surface area contributed by atoms with Gasteiger partial charge in [-0.25, -0.2) is 0 Å². The molecule has 0 spiro atoms. The Bertz CT molecular complexity index is 528. The van der Waals surface area contributed by atoms with E-state index < -0.39 is 35.1 Å². The van der Waals surface area contributed by atoms with Crippen molar-refractivity contribution < 1.29 is 35.8 Å². The van der Waals surface area contributed by atoms with E-state index in [1.54, 1.807) is 0 Å². The second-order valence-electron chi connectivity index (χ2n) is 4.49. The first-order valence-electron chi connectivity index (χ1n) is 6.02. The van der Waals surface area contributed by atoms with Crippen molar-refractivity contribution in [2.24, 2.45) is 7.05 Å². The van der Waals surface area contributed by atoms with Gasteiger partial charge in [-0.15, -0.1) is 0 Å². The van der Waals surface area contributed by atoms with Gasteiger partial charge in [0.1, 0.15) is 0 Å². The van der Waals surface area contributed by atoms with E-state index in [0.717, 1.165) is 7.05 Å². The van der Waals surface area contributed by atoms with Crippen LogP contribution in [0.15, 0.2) is 0 Å². The molecule has 0 radical (unpaired) electrons. The Morgan fingerprint density at radius 3 is 2.00 bits per heavy atom. The van der Waals surface area contributed by atoms with Crippen molar-refractivity contribution in [2.45, 2.75) is 31.5 Å². The summed E-state index contributed by atoms with van der Waals surface area (Å²) in [7, 11) is 0.805. The van der Waals surface area contributed by atoms with Crippen LogP contribution in [0.4, 0.5) is 26.3 Å². The average molecular weight is 318 g/mol. The van der Waals surface area contributed by atoms with E-state index in [-0.39, 0.29) is 24.3 Å². The van der Waals surface area contributed by atoms with Crippen molar-refractivity contribution in [3.8, 4) is 0 Å². The average Bonchev–Trinajstić information content (AvgIpc) is 2.91. The van der Waals surface area contributed by atoms with Crippen molar-refractivity contribution in [3.05, 3.63) is 17.0 Å². The largest absolute Gasteiger partial charge is 0.435 e. The van der Waals surface area contributed by atoms with Gasteiger partial charge in [-0.1, -0.05) is 6.92 Å². The maximum Gasteiger partial charge on any atom is 0.435 e. The van der Waals surface area contributed by atoms with Crippen LogP contribution in [-0.2, 0) is 34.7 Å². The predicted octanol–water partition coefficient (Wildman–Crippen LogP) is 3.07. The molecule has 0 bridgehead atoms. The molecule has 1 saturated heterocycles. The van der Waals surface area contributed by atoms with E-state index in [1.165, 1.54) is 6.92 Å². The third-order valence-corrected chi connectivity index (χ3v) is 3.18. The normalized spacial score (nSPS) is 19.2. The minimum Gasteiger partial charge on any atom is -0.343 e. The molecule has 0 N–H and O–H groups in total. The van der Waals surface area contributed by atoms with Crippen LogP contribution in [0.2, 0.25) is 0 Å². The second kappa shape index (κ2) is 4.87. The molecular weight excluding hydrogens is 306 g/mol. The fourth-order valence-corrected chi connectivity index (χ4v) is 2.39. The number of hydrogen-bond donors (Lipinski definition) is 0. The Labute approximate surface area is 115 Å². The van der Waals surface area contributed by atoms with Crippen molar-refractivity contribution in [2.75, 3.05) is 13.2 Å². The van der Waals surface area contributed by atoms with E-state index in [0.29, 0.717) is 0 Å². The first-order valence-corrected chi connectivity index (χ1v) is 6.02. The molecule has 1 aromatic rings. The number of alkyl halides is 6. The quantitative estimate of drug-likeness (QED) is 0.786. The Kier molecular flexibility index (Phi) is 3.73. The lowest BCUT2D eigenvalue weighted by Crippen LogP contribution is -2.32. The van der Waals surface area contributed by atoms with Gasteiger partial charge in [-0.3, -0.25) is 4.68 Å². The van der Waals surface area contributed by atoms with E-state index in [9.17, 15) is 26.3 Å². The van der Waals surface area contributed by atoms with Gasteiger partial charge in [0.15, 0.2) is 17.2 Å². The lowest BCUT2D eigenvalue weighted by atomic mass is 9.99. The molecule has 1 aliphatic heterocycles. The van der Waals surface area contributed by atoms with Gasteiger partial charge < -0.3 is 9.47 Å². The second-order valence-corrected chi connectivity index (χ2v) is 4.49. The number of nitrogens with zero attached hydrogens (tertiary/aromatic N) is 2. The van der Waals surface area contributed by atoms with E-state index >= 15 is 0 Å². The lowest BCUT2D eigenvalue weighted by Gasteiger charge is -2.28. The summed E-state index contributed by atoms with van der Waals surface area (Å²) in [5.74, 6) is -2.08. The molecule has 2 rings (SSSR count). The minimum absolute atomic E-state index is 0.0860. The monoisotopic (exact) mass is 318 g/mol. The van der Waals surface area contributed by atoms with Crippen LogP contribution < -0.4 is 0 Å². The smallest absolute Gasteiger partial charge is 0.343 e. The SMILES string of the molecule is CCC1(c2c(C(F)(F)F)nn(C)c2C(F)(F)F)OCCO1. The number of ether oxygens (including phenoxy) is 2. The van der Waals surface area contributed by atoms with Crippen molar-refractivity contribution in [3.63, 3.8) is 0 Å². The topological polar surface area (TPSA) is 36.3 Å². The Balaban J connectivity index is 2.77. The Hall–Kier alpha value is -1.29. The van der Waals surface area contributed by atoms with Crippen LogP contribution in [-0.4, -0.2) is 23.0 Å². The fourth-order valence-electron chi connectivity index (χ4n) is 2.39. The van der Waals surface area contributed by atoms with E-state index in [1.807, 2.05) is 0 Å². The summed E-state index contributed by atoms with van der Waals surface area (Å²) >= 11 is 0. The molecule has 4 nitrogen and oxygen atoms in total.